The molecule has 0 radical (unpaired) electrons. The van der Waals surface area contributed by atoms with Gasteiger partial charge in [0.2, 0.25) is 0 Å². The summed E-state index contributed by atoms with van der Waals surface area (Å²) < 4.78 is 12.5. The van der Waals surface area contributed by atoms with Gasteiger partial charge in [0, 0.05) is 13.5 Å². The lowest BCUT2D eigenvalue weighted by Crippen LogP contribution is -2.25. The van der Waals surface area contributed by atoms with E-state index < -0.39 is 6.10 Å². The molecule has 3 heterocycles. The fourth-order valence-electron chi connectivity index (χ4n) is 2.28. The highest BCUT2D eigenvalue weighted by atomic mass is 16.6. The molecule has 8 heteroatoms. The first-order chi connectivity index (χ1) is 9.20. The van der Waals surface area contributed by atoms with Gasteiger partial charge in [0.15, 0.2) is 11.5 Å². The summed E-state index contributed by atoms with van der Waals surface area (Å²) >= 11 is 0. The quantitative estimate of drug-likeness (QED) is 0.784. The molecular weight excluding hydrogens is 250 g/mol. The van der Waals surface area contributed by atoms with E-state index in [9.17, 15) is 5.11 Å². The predicted octanol–water partition coefficient (Wildman–Crippen LogP) is -0.297. The molecule has 19 heavy (non-hydrogen) atoms. The number of hydrogen-bond donors (Lipinski definition) is 2. The summed E-state index contributed by atoms with van der Waals surface area (Å²) in [6, 6.07) is 0. The normalized spacial score (nSPS) is 27.2. The van der Waals surface area contributed by atoms with E-state index in [2.05, 4.69) is 15.0 Å². The minimum atomic E-state index is -0.568. The Hall–Kier alpha value is -1.77. The molecule has 3 N–H and O–H groups in total. The molecule has 1 saturated heterocycles. The van der Waals surface area contributed by atoms with Gasteiger partial charge in [-0.1, -0.05) is 0 Å². The van der Waals surface area contributed by atoms with Crippen LogP contribution < -0.4 is 5.73 Å². The lowest BCUT2D eigenvalue weighted by atomic mass is 10.2. The first-order valence-electron chi connectivity index (χ1n) is 5.96. The zero-order valence-corrected chi connectivity index (χ0v) is 10.4. The van der Waals surface area contributed by atoms with Crippen molar-refractivity contribution in [1.29, 1.82) is 0 Å². The Morgan fingerprint density at radius 3 is 3.16 bits per heavy atom. The SMILES string of the molecule is COCC1OC(n2cnc3c(N)ncnc32)CC1O. The van der Waals surface area contributed by atoms with Gasteiger partial charge in [-0.2, -0.15) is 0 Å². The highest BCUT2D eigenvalue weighted by Gasteiger charge is 2.35. The van der Waals surface area contributed by atoms with Gasteiger partial charge in [-0.3, -0.25) is 4.57 Å². The van der Waals surface area contributed by atoms with Crippen molar-refractivity contribution in [2.75, 3.05) is 19.5 Å². The first kappa shape index (κ1) is 12.3. The third-order valence-electron chi connectivity index (χ3n) is 3.23. The summed E-state index contributed by atoms with van der Waals surface area (Å²) in [5.74, 6) is 0.329. The molecule has 0 saturated carbocycles. The van der Waals surface area contributed by atoms with Gasteiger partial charge in [0.25, 0.3) is 0 Å². The number of nitrogens with two attached hydrogens (primary N) is 1. The molecular formula is C11H15N5O3. The van der Waals surface area contributed by atoms with Crippen molar-refractivity contribution in [1.82, 2.24) is 19.5 Å². The fraction of sp³-hybridized carbons (Fsp3) is 0.545. The second-order valence-electron chi connectivity index (χ2n) is 4.47. The molecule has 3 atom stereocenters. The minimum absolute atomic E-state index is 0.325. The highest BCUT2D eigenvalue weighted by Crippen LogP contribution is 2.31. The number of imidazole rings is 1. The van der Waals surface area contributed by atoms with Gasteiger partial charge in [-0.05, 0) is 0 Å². The van der Waals surface area contributed by atoms with Gasteiger partial charge < -0.3 is 20.3 Å². The molecule has 1 aliphatic rings. The number of fused-ring (bicyclic) bond motifs is 1. The topological polar surface area (TPSA) is 108 Å². The van der Waals surface area contributed by atoms with Crippen LogP contribution in [0.3, 0.4) is 0 Å². The van der Waals surface area contributed by atoms with Crippen LogP contribution in [0.15, 0.2) is 12.7 Å². The summed E-state index contributed by atoms with van der Waals surface area (Å²) in [5, 5.41) is 9.92. The molecule has 0 amide bonds. The van der Waals surface area contributed by atoms with Crippen LogP contribution in [-0.4, -0.2) is 50.6 Å². The summed E-state index contributed by atoms with van der Waals surface area (Å²) in [6.45, 7) is 0.349. The molecule has 3 rings (SSSR count). The fourth-order valence-corrected chi connectivity index (χ4v) is 2.28. The second kappa shape index (κ2) is 4.72. The highest BCUT2D eigenvalue weighted by molar-refractivity contribution is 5.81. The van der Waals surface area contributed by atoms with E-state index in [0.29, 0.717) is 30.0 Å². The van der Waals surface area contributed by atoms with Crippen LogP contribution in [0.4, 0.5) is 5.82 Å². The number of nitrogens with zero attached hydrogens (tertiary/aromatic N) is 4. The Kier molecular flexibility index (Phi) is 3.05. The molecule has 1 fully saturated rings. The van der Waals surface area contributed by atoms with E-state index in [-0.39, 0.29) is 12.3 Å². The average Bonchev–Trinajstić information content (AvgIpc) is 2.95. The number of rotatable bonds is 3. The Morgan fingerprint density at radius 1 is 1.53 bits per heavy atom. The minimum Gasteiger partial charge on any atom is -0.390 e. The lowest BCUT2D eigenvalue weighted by molar-refractivity contribution is -0.0523. The number of methoxy groups -OCH3 is 1. The van der Waals surface area contributed by atoms with Crippen LogP contribution in [0.2, 0.25) is 0 Å². The monoisotopic (exact) mass is 265 g/mol. The van der Waals surface area contributed by atoms with Crippen molar-refractivity contribution >= 4 is 17.0 Å². The number of nitrogen functional groups attached to an aromatic ring is 1. The average molecular weight is 265 g/mol. The Morgan fingerprint density at radius 2 is 2.37 bits per heavy atom. The Labute approximate surface area is 109 Å². The lowest BCUT2D eigenvalue weighted by Gasteiger charge is -2.14. The Balaban J connectivity index is 1.91. The zero-order chi connectivity index (χ0) is 13.4. The zero-order valence-electron chi connectivity index (χ0n) is 10.4. The van der Waals surface area contributed by atoms with E-state index >= 15 is 0 Å². The van der Waals surface area contributed by atoms with E-state index in [1.807, 2.05) is 0 Å². The number of aromatic nitrogens is 4. The third-order valence-corrected chi connectivity index (χ3v) is 3.23. The number of hydrogen-bond acceptors (Lipinski definition) is 7. The van der Waals surface area contributed by atoms with E-state index in [0.717, 1.165) is 0 Å². The van der Waals surface area contributed by atoms with E-state index in [1.165, 1.54) is 6.33 Å². The molecule has 0 spiro atoms. The predicted molar refractivity (Wildman–Crippen MR) is 66.1 cm³/mol. The van der Waals surface area contributed by atoms with Crippen molar-refractivity contribution in [3.8, 4) is 0 Å². The van der Waals surface area contributed by atoms with E-state index in [1.54, 1.807) is 18.0 Å². The molecule has 0 aliphatic carbocycles. The van der Waals surface area contributed by atoms with Gasteiger partial charge in [0.1, 0.15) is 24.2 Å². The molecule has 3 unspecified atom stereocenters. The molecule has 1 aliphatic heterocycles. The Bertz CT molecular complexity index is 587. The maximum atomic E-state index is 9.92. The molecule has 2 aromatic rings. The van der Waals surface area contributed by atoms with Crippen molar-refractivity contribution in [3.05, 3.63) is 12.7 Å². The van der Waals surface area contributed by atoms with Crippen LogP contribution >= 0.6 is 0 Å². The summed E-state index contributed by atoms with van der Waals surface area (Å²) in [7, 11) is 1.57. The summed E-state index contributed by atoms with van der Waals surface area (Å²) in [5.41, 5.74) is 6.87. The van der Waals surface area contributed by atoms with Crippen LogP contribution in [0, 0.1) is 0 Å². The van der Waals surface area contributed by atoms with Gasteiger partial charge in [-0.15, -0.1) is 0 Å². The van der Waals surface area contributed by atoms with Gasteiger partial charge in [-0.25, -0.2) is 15.0 Å². The van der Waals surface area contributed by atoms with Crippen LogP contribution in [0.1, 0.15) is 12.6 Å². The van der Waals surface area contributed by atoms with Gasteiger partial charge >= 0.3 is 0 Å². The first-order valence-corrected chi connectivity index (χ1v) is 5.96. The largest absolute Gasteiger partial charge is 0.390 e. The summed E-state index contributed by atoms with van der Waals surface area (Å²) in [4.78, 5) is 12.2. The number of aliphatic hydroxyl groups excluding tert-OH is 1. The second-order valence-corrected chi connectivity index (χ2v) is 4.47. The third kappa shape index (κ3) is 2.03. The molecule has 0 bridgehead atoms. The molecule has 102 valence electrons. The van der Waals surface area contributed by atoms with Gasteiger partial charge in [0.05, 0.1) is 19.0 Å². The summed E-state index contributed by atoms with van der Waals surface area (Å²) in [6.07, 6.45) is 2.21. The van der Waals surface area contributed by atoms with Crippen molar-refractivity contribution in [3.63, 3.8) is 0 Å². The van der Waals surface area contributed by atoms with Crippen LogP contribution in [-0.2, 0) is 9.47 Å². The van der Waals surface area contributed by atoms with Crippen molar-refractivity contribution in [2.24, 2.45) is 0 Å². The van der Waals surface area contributed by atoms with E-state index in [4.69, 9.17) is 15.2 Å². The molecule has 8 nitrogen and oxygen atoms in total. The molecule has 0 aromatic carbocycles. The number of aliphatic hydroxyl groups is 1. The van der Waals surface area contributed by atoms with Crippen molar-refractivity contribution < 1.29 is 14.6 Å². The molecule has 2 aromatic heterocycles. The van der Waals surface area contributed by atoms with Crippen molar-refractivity contribution in [2.45, 2.75) is 24.9 Å². The smallest absolute Gasteiger partial charge is 0.167 e. The standard InChI is InChI=1S/C11H15N5O3/c1-18-3-7-6(17)2-8(19-7)16-5-15-9-10(12)13-4-14-11(9)16/h4-8,17H,2-3H2,1H3,(H2,12,13,14). The van der Waals surface area contributed by atoms with Crippen LogP contribution in [0.25, 0.3) is 11.2 Å². The maximum absolute atomic E-state index is 9.92. The van der Waals surface area contributed by atoms with Crippen LogP contribution in [0.5, 0.6) is 0 Å². The number of anilines is 1. The maximum Gasteiger partial charge on any atom is 0.167 e. The number of ether oxygens (including phenoxy) is 2.